The predicted octanol–water partition coefficient (Wildman–Crippen LogP) is -0.848. The second kappa shape index (κ2) is 4.98. The monoisotopic (exact) mass is 280 g/mol. The number of hydrogen-bond donors (Lipinski definition) is 1. The van der Waals surface area contributed by atoms with Crippen LogP contribution in [0.25, 0.3) is 0 Å². The smallest absolute Gasteiger partial charge is 0.214 e. The van der Waals surface area contributed by atoms with E-state index in [0.29, 0.717) is 0 Å². The van der Waals surface area contributed by atoms with Gasteiger partial charge in [0.1, 0.15) is 0 Å². The van der Waals surface area contributed by atoms with Gasteiger partial charge in [-0.15, -0.1) is 0 Å². The van der Waals surface area contributed by atoms with Crippen molar-refractivity contribution in [1.29, 1.82) is 0 Å². The number of pyridine rings is 1. The van der Waals surface area contributed by atoms with Crippen LogP contribution in [-0.2, 0) is 19.9 Å². The van der Waals surface area contributed by atoms with Gasteiger partial charge in [0.05, 0.1) is 18.6 Å². The summed E-state index contributed by atoms with van der Waals surface area (Å²) in [6.07, 6.45) is 0. The Morgan fingerprint density at radius 1 is 1.24 bits per heavy atom. The van der Waals surface area contributed by atoms with Crippen molar-refractivity contribution in [3.8, 4) is 5.88 Å². The number of sulfone groups is 1. The summed E-state index contributed by atoms with van der Waals surface area (Å²) in [6, 6.07) is 4.20. The van der Waals surface area contributed by atoms with E-state index in [1.807, 2.05) is 0 Å². The van der Waals surface area contributed by atoms with Gasteiger partial charge in [0, 0.05) is 6.07 Å². The van der Waals surface area contributed by atoms with E-state index in [-0.39, 0.29) is 10.9 Å². The number of nitrogens with zero attached hydrogens (tertiary/aromatic N) is 1. The number of sulfonamides is 1. The Morgan fingerprint density at radius 2 is 1.88 bits per heavy atom. The summed E-state index contributed by atoms with van der Waals surface area (Å²) in [4.78, 5) is 3.72. The molecule has 0 saturated heterocycles. The molecule has 1 heterocycles. The third kappa shape index (κ3) is 4.29. The van der Waals surface area contributed by atoms with Crippen LogP contribution >= 0.6 is 0 Å². The van der Waals surface area contributed by atoms with Crippen LogP contribution in [0.2, 0.25) is 0 Å². The molecule has 0 saturated carbocycles. The van der Waals surface area contributed by atoms with Crippen LogP contribution < -0.4 is 9.88 Å². The summed E-state index contributed by atoms with van der Waals surface area (Å²) < 4.78 is 49.6. The van der Waals surface area contributed by atoms with Crippen molar-refractivity contribution in [1.82, 2.24) is 4.98 Å². The lowest BCUT2D eigenvalue weighted by atomic mass is 10.5. The average Bonchev–Trinajstić information content (AvgIpc) is 2.26. The fourth-order valence-corrected chi connectivity index (χ4v) is 3.54. The van der Waals surface area contributed by atoms with Crippen molar-refractivity contribution >= 4 is 19.9 Å². The maximum Gasteiger partial charge on any atom is 0.214 e. The molecule has 0 radical (unpaired) electrons. The summed E-state index contributed by atoms with van der Waals surface area (Å²) in [6.45, 7) is 0. The molecule has 7 nitrogen and oxygen atoms in total. The van der Waals surface area contributed by atoms with Gasteiger partial charge in [-0.25, -0.2) is 27.0 Å². The highest BCUT2D eigenvalue weighted by molar-refractivity contribution is 7.94. The Morgan fingerprint density at radius 3 is 2.41 bits per heavy atom. The SMILES string of the molecule is COc1cccc(S(=O)(=O)CCS(N)(=O)=O)n1. The summed E-state index contributed by atoms with van der Waals surface area (Å²) >= 11 is 0. The van der Waals surface area contributed by atoms with Crippen LogP contribution in [0.3, 0.4) is 0 Å². The van der Waals surface area contributed by atoms with E-state index in [9.17, 15) is 16.8 Å². The highest BCUT2D eigenvalue weighted by Gasteiger charge is 2.19. The molecule has 0 aliphatic heterocycles. The molecule has 1 aromatic heterocycles. The van der Waals surface area contributed by atoms with Gasteiger partial charge in [0.15, 0.2) is 14.9 Å². The molecule has 1 rings (SSSR count). The van der Waals surface area contributed by atoms with Gasteiger partial charge in [0.2, 0.25) is 15.9 Å². The van der Waals surface area contributed by atoms with Gasteiger partial charge in [-0.3, -0.25) is 0 Å². The molecule has 0 bridgehead atoms. The number of aromatic nitrogens is 1. The van der Waals surface area contributed by atoms with E-state index < -0.39 is 31.4 Å². The van der Waals surface area contributed by atoms with Crippen molar-refractivity contribution in [3.63, 3.8) is 0 Å². The minimum Gasteiger partial charge on any atom is -0.481 e. The normalized spacial score (nSPS) is 12.4. The minimum absolute atomic E-state index is 0.140. The Labute approximate surface area is 99.6 Å². The molecule has 9 heteroatoms. The van der Waals surface area contributed by atoms with Crippen molar-refractivity contribution in [3.05, 3.63) is 18.2 Å². The van der Waals surface area contributed by atoms with Gasteiger partial charge < -0.3 is 4.74 Å². The average molecular weight is 280 g/mol. The largest absolute Gasteiger partial charge is 0.481 e. The van der Waals surface area contributed by atoms with Crippen LogP contribution in [0.1, 0.15) is 0 Å². The Kier molecular flexibility index (Phi) is 4.07. The van der Waals surface area contributed by atoms with Crippen molar-refractivity contribution in [2.24, 2.45) is 5.14 Å². The number of methoxy groups -OCH3 is 1. The maximum absolute atomic E-state index is 11.7. The molecule has 2 N–H and O–H groups in total. The first-order valence-corrected chi connectivity index (χ1v) is 7.86. The predicted molar refractivity (Wildman–Crippen MR) is 60.8 cm³/mol. The second-order valence-corrected chi connectivity index (χ2v) is 6.99. The highest BCUT2D eigenvalue weighted by Crippen LogP contribution is 2.13. The zero-order valence-electron chi connectivity index (χ0n) is 9.03. The number of primary sulfonamides is 1. The first-order chi connectivity index (χ1) is 7.74. The topological polar surface area (TPSA) is 116 Å². The number of ether oxygens (including phenoxy) is 1. The minimum atomic E-state index is -3.82. The van der Waals surface area contributed by atoms with E-state index in [1.165, 1.54) is 25.3 Å². The fourth-order valence-electron chi connectivity index (χ4n) is 1.01. The number of nitrogens with two attached hydrogens (primary N) is 1. The third-order valence-corrected chi connectivity index (χ3v) is 4.50. The zero-order valence-corrected chi connectivity index (χ0v) is 10.7. The zero-order chi connectivity index (χ0) is 13.1. The van der Waals surface area contributed by atoms with Gasteiger partial charge in [0.25, 0.3) is 0 Å². The van der Waals surface area contributed by atoms with Crippen LogP contribution in [0.15, 0.2) is 23.2 Å². The summed E-state index contributed by atoms with van der Waals surface area (Å²) in [5, 5.41) is 4.50. The van der Waals surface area contributed by atoms with Gasteiger partial charge in [-0.1, -0.05) is 6.07 Å². The van der Waals surface area contributed by atoms with E-state index in [4.69, 9.17) is 9.88 Å². The lowest BCUT2D eigenvalue weighted by Gasteiger charge is -2.04. The molecular weight excluding hydrogens is 268 g/mol. The van der Waals surface area contributed by atoms with Gasteiger partial charge in [-0.05, 0) is 6.07 Å². The van der Waals surface area contributed by atoms with E-state index in [0.717, 1.165) is 0 Å². The molecule has 0 spiro atoms. The third-order valence-electron chi connectivity index (χ3n) is 1.86. The molecule has 0 amide bonds. The standard InChI is InChI=1S/C8H12N2O5S2/c1-15-7-3-2-4-8(10-7)16(11,12)5-6-17(9,13)14/h2-4H,5-6H2,1H3,(H2,9,13,14). The van der Waals surface area contributed by atoms with Crippen LogP contribution in [0.5, 0.6) is 5.88 Å². The summed E-state index contributed by atoms with van der Waals surface area (Å²) in [5.41, 5.74) is 0. The summed E-state index contributed by atoms with van der Waals surface area (Å²) in [7, 11) is -6.25. The van der Waals surface area contributed by atoms with Crippen molar-refractivity contribution < 1.29 is 21.6 Å². The van der Waals surface area contributed by atoms with Gasteiger partial charge in [-0.2, -0.15) is 0 Å². The molecule has 1 aromatic rings. The first-order valence-electron chi connectivity index (χ1n) is 4.49. The summed E-state index contributed by atoms with van der Waals surface area (Å²) in [5.74, 6) is -1.11. The first kappa shape index (κ1) is 13.9. The van der Waals surface area contributed by atoms with E-state index in [1.54, 1.807) is 0 Å². The molecule has 0 aromatic carbocycles. The maximum atomic E-state index is 11.7. The number of rotatable bonds is 5. The lowest BCUT2D eigenvalue weighted by Crippen LogP contribution is -2.23. The van der Waals surface area contributed by atoms with E-state index >= 15 is 0 Å². The van der Waals surface area contributed by atoms with Crippen molar-refractivity contribution in [2.45, 2.75) is 5.03 Å². The molecule has 0 aliphatic carbocycles. The van der Waals surface area contributed by atoms with Gasteiger partial charge >= 0.3 is 0 Å². The molecule has 0 atom stereocenters. The molecule has 17 heavy (non-hydrogen) atoms. The van der Waals surface area contributed by atoms with E-state index in [2.05, 4.69) is 4.98 Å². The molecule has 96 valence electrons. The molecule has 0 aliphatic rings. The quantitative estimate of drug-likeness (QED) is 0.751. The Bertz CT molecular complexity index is 594. The highest BCUT2D eigenvalue weighted by atomic mass is 32.2. The Hall–Kier alpha value is -1.19. The molecule has 0 unspecified atom stereocenters. The fraction of sp³-hybridized carbons (Fsp3) is 0.375. The molecular formula is C8H12N2O5S2. The number of hydrogen-bond acceptors (Lipinski definition) is 6. The van der Waals surface area contributed by atoms with Crippen LogP contribution in [0, 0.1) is 0 Å². The van der Waals surface area contributed by atoms with Crippen LogP contribution in [0.4, 0.5) is 0 Å². The van der Waals surface area contributed by atoms with Crippen molar-refractivity contribution in [2.75, 3.05) is 18.6 Å². The Balaban J connectivity index is 2.97. The molecule has 0 fully saturated rings. The van der Waals surface area contributed by atoms with Crippen LogP contribution in [-0.4, -0.2) is 40.4 Å². The second-order valence-electron chi connectivity index (χ2n) is 3.20. The lowest BCUT2D eigenvalue weighted by molar-refractivity contribution is 0.393.